The lowest BCUT2D eigenvalue weighted by molar-refractivity contribution is 0.586. The zero-order chi connectivity index (χ0) is 14.8. The van der Waals surface area contributed by atoms with Crippen molar-refractivity contribution in [2.24, 2.45) is 0 Å². The average molecular weight is 281 g/mol. The van der Waals surface area contributed by atoms with Crippen molar-refractivity contribution < 1.29 is 0 Å². The zero-order valence-electron chi connectivity index (χ0n) is 12.3. The molecule has 4 nitrogen and oxygen atoms in total. The summed E-state index contributed by atoms with van der Waals surface area (Å²) < 4.78 is 1.63. The highest BCUT2D eigenvalue weighted by Gasteiger charge is 2.10. The fourth-order valence-corrected chi connectivity index (χ4v) is 2.42. The Morgan fingerprint density at radius 2 is 1.81 bits per heavy atom. The summed E-state index contributed by atoms with van der Waals surface area (Å²) in [5.74, 6) is 0. The zero-order valence-corrected chi connectivity index (χ0v) is 12.3. The topological polar surface area (TPSA) is 49.8 Å². The Labute approximate surface area is 123 Å². The lowest BCUT2D eigenvalue weighted by Gasteiger charge is -2.12. The number of para-hydroxylation sites is 2. The number of hydrogen-bond donors (Lipinski definition) is 2. The van der Waals surface area contributed by atoms with E-state index < -0.39 is 0 Å². The first kappa shape index (κ1) is 13.6. The van der Waals surface area contributed by atoms with Gasteiger partial charge < -0.3 is 5.32 Å². The van der Waals surface area contributed by atoms with Crippen LogP contribution in [-0.4, -0.2) is 15.8 Å². The highest BCUT2D eigenvalue weighted by Crippen LogP contribution is 2.15. The molecular formula is C17H19N3O. The minimum Gasteiger partial charge on any atom is -0.310 e. The third-order valence-electron chi connectivity index (χ3n) is 3.53. The second-order valence-corrected chi connectivity index (χ2v) is 5.46. The van der Waals surface area contributed by atoms with E-state index in [9.17, 15) is 4.79 Å². The first-order valence-corrected chi connectivity index (χ1v) is 7.18. The van der Waals surface area contributed by atoms with Gasteiger partial charge in [0, 0.05) is 12.6 Å². The number of nitrogens with one attached hydrogen (secondary N) is 2. The molecule has 0 unspecified atom stereocenters. The monoisotopic (exact) mass is 281 g/mol. The maximum Gasteiger partial charge on any atom is 0.279 e. The fourth-order valence-electron chi connectivity index (χ4n) is 2.42. The smallest absolute Gasteiger partial charge is 0.279 e. The molecule has 0 saturated carbocycles. The van der Waals surface area contributed by atoms with Crippen LogP contribution in [0.4, 0.5) is 0 Å². The molecule has 2 N–H and O–H groups in total. The summed E-state index contributed by atoms with van der Waals surface area (Å²) in [5, 5.41) is 7.29. The summed E-state index contributed by atoms with van der Waals surface area (Å²) in [6.07, 6.45) is 0. The van der Waals surface area contributed by atoms with Crippen molar-refractivity contribution in [3.05, 3.63) is 64.4 Å². The van der Waals surface area contributed by atoms with Crippen molar-refractivity contribution in [3.63, 3.8) is 0 Å². The van der Waals surface area contributed by atoms with Crippen LogP contribution in [0.25, 0.3) is 16.6 Å². The largest absolute Gasteiger partial charge is 0.310 e. The summed E-state index contributed by atoms with van der Waals surface area (Å²) >= 11 is 0. The molecule has 0 spiro atoms. The Bertz CT molecular complexity index is 814. The van der Waals surface area contributed by atoms with Crippen molar-refractivity contribution in [1.29, 1.82) is 0 Å². The van der Waals surface area contributed by atoms with Crippen molar-refractivity contribution in [2.75, 3.05) is 0 Å². The summed E-state index contributed by atoms with van der Waals surface area (Å²) in [4.78, 5) is 12.5. The molecule has 0 saturated heterocycles. The van der Waals surface area contributed by atoms with E-state index >= 15 is 0 Å². The van der Waals surface area contributed by atoms with Gasteiger partial charge in [0.1, 0.15) is 0 Å². The molecule has 108 valence electrons. The number of rotatable bonds is 4. The lowest BCUT2D eigenvalue weighted by Crippen LogP contribution is -2.24. The van der Waals surface area contributed by atoms with Crippen molar-refractivity contribution in [3.8, 4) is 5.69 Å². The molecule has 0 fully saturated rings. The van der Waals surface area contributed by atoms with E-state index in [-0.39, 0.29) is 5.56 Å². The number of aromatic amines is 1. The van der Waals surface area contributed by atoms with Crippen molar-refractivity contribution >= 4 is 10.9 Å². The summed E-state index contributed by atoms with van der Waals surface area (Å²) in [7, 11) is 0. The van der Waals surface area contributed by atoms with Gasteiger partial charge in [-0.2, -0.15) is 0 Å². The Hall–Kier alpha value is -2.33. The molecule has 21 heavy (non-hydrogen) atoms. The standard InChI is InChI=1S/C17H19N3O/c1-12(2)18-11-13-7-3-6-10-16(13)20-17(21)14-8-4-5-9-15(14)19-20/h3-10,12,18-19H,11H2,1-2H3. The normalized spacial score (nSPS) is 11.4. The quantitative estimate of drug-likeness (QED) is 0.772. The minimum atomic E-state index is -0.0115. The molecule has 0 amide bonds. The summed E-state index contributed by atoms with van der Waals surface area (Å²) in [5.41, 5.74) is 2.84. The predicted molar refractivity (Wildman–Crippen MR) is 85.9 cm³/mol. The second-order valence-electron chi connectivity index (χ2n) is 5.46. The van der Waals surface area contributed by atoms with E-state index in [1.165, 1.54) is 0 Å². The van der Waals surface area contributed by atoms with Crippen LogP contribution in [0.2, 0.25) is 0 Å². The number of fused-ring (bicyclic) bond motifs is 1. The minimum absolute atomic E-state index is 0.0115. The van der Waals surface area contributed by atoms with Crippen LogP contribution in [0, 0.1) is 0 Å². The Kier molecular flexibility index (Phi) is 3.62. The number of hydrogen-bond acceptors (Lipinski definition) is 2. The van der Waals surface area contributed by atoms with Crippen LogP contribution in [-0.2, 0) is 6.54 Å². The summed E-state index contributed by atoms with van der Waals surface area (Å²) in [6.45, 7) is 4.95. The van der Waals surface area contributed by atoms with Gasteiger partial charge in [-0.05, 0) is 23.8 Å². The lowest BCUT2D eigenvalue weighted by atomic mass is 10.1. The van der Waals surface area contributed by atoms with Gasteiger partial charge in [-0.3, -0.25) is 9.89 Å². The number of nitrogens with zero attached hydrogens (tertiary/aromatic N) is 1. The van der Waals surface area contributed by atoms with E-state index in [2.05, 4.69) is 24.3 Å². The second kappa shape index (κ2) is 5.58. The highest BCUT2D eigenvalue weighted by atomic mass is 16.1. The van der Waals surface area contributed by atoms with Gasteiger partial charge in [0.2, 0.25) is 0 Å². The molecule has 1 aromatic heterocycles. The molecule has 3 aromatic rings. The molecule has 0 aliphatic rings. The molecule has 1 heterocycles. The molecule has 3 rings (SSSR count). The molecule has 0 radical (unpaired) electrons. The Balaban J connectivity index is 2.10. The Morgan fingerprint density at radius 1 is 1.10 bits per heavy atom. The van der Waals surface area contributed by atoms with Crippen LogP contribution in [0.15, 0.2) is 53.3 Å². The van der Waals surface area contributed by atoms with Gasteiger partial charge in [0.25, 0.3) is 5.56 Å². The van der Waals surface area contributed by atoms with E-state index in [0.717, 1.165) is 23.3 Å². The first-order valence-electron chi connectivity index (χ1n) is 7.18. The van der Waals surface area contributed by atoms with Gasteiger partial charge >= 0.3 is 0 Å². The predicted octanol–water partition coefficient (Wildman–Crippen LogP) is 2.82. The molecule has 0 aliphatic carbocycles. The Morgan fingerprint density at radius 3 is 2.57 bits per heavy atom. The third-order valence-corrected chi connectivity index (χ3v) is 3.53. The van der Waals surface area contributed by atoms with Crippen LogP contribution >= 0.6 is 0 Å². The average Bonchev–Trinajstić information content (AvgIpc) is 2.83. The molecule has 4 heteroatoms. The fraction of sp³-hybridized carbons (Fsp3) is 0.235. The van der Waals surface area contributed by atoms with Gasteiger partial charge in [-0.15, -0.1) is 0 Å². The SMILES string of the molecule is CC(C)NCc1ccccc1-n1[nH]c2ccccc2c1=O. The van der Waals surface area contributed by atoms with Crippen LogP contribution in [0.1, 0.15) is 19.4 Å². The van der Waals surface area contributed by atoms with Gasteiger partial charge in [0.05, 0.1) is 16.6 Å². The van der Waals surface area contributed by atoms with E-state index in [0.29, 0.717) is 11.4 Å². The molecule has 0 aliphatic heterocycles. The number of benzene rings is 2. The number of H-pyrrole nitrogens is 1. The van der Waals surface area contributed by atoms with E-state index in [1.807, 2.05) is 48.5 Å². The molecule has 0 atom stereocenters. The first-order chi connectivity index (χ1) is 10.2. The third kappa shape index (κ3) is 2.62. The van der Waals surface area contributed by atoms with Crippen LogP contribution in [0.3, 0.4) is 0 Å². The maximum absolute atomic E-state index is 12.5. The van der Waals surface area contributed by atoms with Crippen molar-refractivity contribution in [1.82, 2.24) is 15.1 Å². The molecule has 2 aromatic carbocycles. The maximum atomic E-state index is 12.5. The van der Waals surface area contributed by atoms with Crippen molar-refractivity contribution in [2.45, 2.75) is 26.4 Å². The van der Waals surface area contributed by atoms with Gasteiger partial charge in [-0.25, -0.2) is 4.68 Å². The van der Waals surface area contributed by atoms with E-state index in [1.54, 1.807) is 4.68 Å². The summed E-state index contributed by atoms with van der Waals surface area (Å²) in [6, 6.07) is 15.9. The molecular weight excluding hydrogens is 262 g/mol. The molecule has 0 bridgehead atoms. The van der Waals surface area contributed by atoms with E-state index in [4.69, 9.17) is 0 Å². The van der Waals surface area contributed by atoms with Gasteiger partial charge in [0.15, 0.2) is 0 Å². The highest BCUT2D eigenvalue weighted by molar-refractivity contribution is 5.78. The van der Waals surface area contributed by atoms with Crippen LogP contribution in [0.5, 0.6) is 0 Å². The van der Waals surface area contributed by atoms with Gasteiger partial charge in [-0.1, -0.05) is 44.2 Å². The number of aromatic nitrogens is 2. The van der Waals surface area contributed by atoms with Crippen LogP contribution < -0.4 is 10.9 Å².